The average molecular weight is 214 g/mol. The Morgan fingerprint density at radius 3 is 2.71 bits per heavy atom. The van der Waals surface area contributed by atoms with Crippen LogP contribution in [0.25, 0.3) is 0 Å². The van der Waals surface area contributed by atoms with E-state index < -0.39 is 0 Å². The number of fused-ring (bicyclic) bond motifs is 1. The van der Waals surface area contributed by atoms with E-state index in [-0.39, 0.29) is 10.9 Å². The number of rotatable bonds is 1. The lowest BCUT2D eigenvalue weighted by Gasteiger charge is -2.31. The number of amides is 1. The summed E-state index contributed by atoms with van der Waals surface area (Å²) in [5, 5.41) is 0.163. The Kier molecular flexibility index (Phi) is 2.82. The third-order valence-corrected chi connectivity index (χ3v) is 3.66. The van der Waals surface area contributed by atoms with Crippen LogP contribution in [0.1, 0.15) is 32.1 Å². The van der Waals surface area contributed by atoms with Gasteiger partial charge in [-0.25, -0.2) is 0 Å². The number of hydrogen-bond acceptors (Lipinski definition) is 1. The van der Waals surface area contributed by atoms with Gasteiger partial charge in [0.1, 0.15) is 0 Å². The van der Waals surface area contributed by atoms with Crippen LogP contribution in [0.2, 0.25) is 0 Å². The second kappa shape index (κ2) is 3.93. The van der Waals surface area contributed by atoms with E-state index >= 15 is 0 Å². The van der Waals surface area contributed by atoms with Gasteiger partial charge in [0.15, 0.2) is 0 Å². The van der Waals surface area contributed by atoms with Crippen LogP contribution in [-0.4, -0.2) is 23.4 Å². The first-order valence-electron chi connectivity index (χ1n) is 5.35. The van der Waals surface area contributed by atoms with Crippen LogP contribution in [0.3, 0.4) is 0 Å². The van der Waals surface area contributed by atoms with Gasteiger partial charge in [-0.1, -0.05) is 31.0 Å². The van der Waals surface area contributed by atoms with Crippen LogP contribution >= 0.6 is 11.6 Å². The zero-order valence-electron chi connectivity index (χ0n) is 8.34. The molecule has 0 N–H and O–H groups in total. The average Bonchev–Trinajstić information content (AvgIpc) is 2.60. The predicted molar refractivity (Wildman–Crippen MR) is 57.1 cm³/mol. The summed E-state index contributed by atoms with van der Waals surface area (Å²) >= 11 is 5.65. The van der Waals surface area contributed by atoms with Gasteiger partial charge in [0.25, 0.3) is 5.91 Å². The topological polar surface area (TPSA) is 20.3 Å². The number of nitrogens with zero attached hydrogens (tertiary/aromatic N) is 1. The van der Waals surface area contributed by atoms with E-state index in [9.17, 15) is 4.79 Å². The molecule has 1 amide bonds. The monoisotopic (exact) mass is 213 g/mol. The minimum Gasteiger partial charge on any atom is -0.335 e. The van der Waals surface area contributed by atoms with E-state index in [2.05, 4.69) is 6.58 Å². The minimum absolute atomic E-state index is 0.0546. The van der Waals surface area contributed by atoms with Crippen LogP contribution in [0.15, 0.2) is 11.6 Å². The highest BCUT2D eigenvalue weighted by molar-refractivity contribution is 6.41. The Morgan fingerprint density at radius 1 is 1.29 bits per heavy atom. The maximum Gasteiger partial charge on any atom is 0.264 e. The molecule has 0 spiro atoms. The summed E-state index contributed by atoms with van der Waals surface area (Å²) < 4.78 is 0. The first kappa shape index (κ1) is 10.0. The number of likely N-dealkylation sites (tertiary alicyclic amines) is 1. The number of carbonyl (C=O) groups excluding carboxylic acids is 1. The Hall–Kier alpha value is -0.500. The highest BCUT2D eigenvalue weighted by atomic mass is 35.5. The molecule has 3 heteroatoms. The van der Waals surface area contributed by atoms with Crippen molar-refractivity contribution in [3.05, 3.63) is 11.6 Å². The lowest BCUT2D eigenvalue weighted by atomic mass is 9.85. The van der Waals surface area contributed by atoms with Crippen molar-refractivity contribution in [3.8, 4) is 0 Å². The van der Waals surface area contributed by atoms with Crippen molar-refractivity contribution in [1.29, 1.82) is 0 Å². The van der Waals surface area contributed by atoms with Gasteiger partial charge >= 0.3 is 0 Å². The molecule has 2 fully saturated rings. The molecule has 2 rings (SSSR count). The molecule has 1 aliphatic carbocycles. The second-order valence-corrected chi connectivity index (χ2v) is 4.76. The summed E-state index contributed by atoms with van der Waals surface area (Å²) in [4.78, 5) is 13.6. The van der Waals surface area contributed by atoms with Crippen LogP contribution in [-0.2, 0) is 4.79 Å². The van der Waals surface area contributed by atoms with E-state index in [1.54, 1.807) is 0 Å². The molecule has 14 heavy (non-hydrogen) atoms. The van der Waals surface area contributed by atoms with Gasteiger partial charge in [0.2, 0.25) is 0 Å². The largest absolute Gasteiger partial charge is 0.335 e. The highest BCUT2D eigenvalue weighted by Crippen LogP contribution is 2.36. The molecule has 78 valence electrons. The molecule has 0 aromatic heterocycles. The fraction of sp³-hybridized carbons (Fsp3) is 0.727. The van der Waals surface area contributed by atoms with Crippen molar-refractivity contribution in [1.82, 2.24) is 4.90 Å². The summed E-state index contributed by atoms with van der Waals surface area (Å²) in [5.41, 5.74) is 0. The molecule has 1 saturated carbocycles. The van der Waals surface area contributed by atoms with E-state index in [0.717, 1.165) is 25.3 Å². The molecule has 2 aliphatic rings. The van der Waals surface area contributed by atoms with Crippen molar-refractivity contribution in [2.24, 2.45) is 5.92 Å². The smallest absolute Gasteiger partial charge is 0.264 e. The zero-order chi connectivity index (χ0) is 10.1. The van der Waals surface area contributed by atoms with Gasteiger partial charge < -0.3 is 4.90 Å². The lowest BCUT2D eigenvalue weighted by molar-refractivity contribution is -0.127. The van der Waals surface area contributed by atoms with Crippen LogP contribution in [0.5, 0.6) is 0 Å². The predicted octanol–water partition coefficient (Wildman–Crippen LogP) is 2.53. The Labute approximate surface area is 89.9 Å². The van der Waals surface area contributed by atoms with E-state index in [4.69, 9.17) is 11.6 Å². The summed E-state index contributed by atoms with van der Waals surface area (Å²) in [6, 6.07) is 0.451. The van der Waals surface area contributed by atoms with Crippen molar-refractivity contribution in [2.75, 3.05) is 6.54 Å². The first-order valence-corrected chi connectivity index (χ1v) is 5.73. The van der Waals surface area contributed by atoms with Crippen molar-refractivity contribution < 1.29 is 4.79 Å². The fourth-order valence-corrected chi connectivity index (χ4v) is 2.92. The maximum atomic E-state index is 11.7. The molecule has 0 radical (unpaired) electrons. The third-order valence-electron chi connectivity index (χ3n) is 3.50. The summed E-state index contributed by atoms with van der Waals surface area (Å²) in [5.74, 6) is 0.671. The Morgan fingerprint density at radius 2 is 2.00 bits per heavy atom. The van der Waals surface area contributed by atoms with E-state index in [0.29, 0.717) is 6.04 Å². The molecular formula is C11H16ClNO. The van der Waals surface area contributed by atoms with Gasteiger partial charge in [0, 0.05) is 12.6 Å². The fourth-order valence-electron chi connectivity index (χ4n) is 2.81. The standard InChI is InChI=1S/C11H16ClNO/c1-8(12)11(14)13-7-6-9-4-2-3-5-10(9)13/h9-10H,1-7H2. The lowest BCUT2D eigenvalue weighted by Crippen LogP contribution is -2.39. The molecule has 1 saturated heterocycles. The molecule has 2 nitrogen and oxygen atoms in total. The van der Waals surface area contributed by atoms with Crippen molar-refractivity contribution in [3.63, 3.8) is 0 Å². The highest BCUT2D eigenvalue weighted by Gasteiger charge is 2.38. The van der Waals surface area contributed by atoms with Gasteiger partial charge in [-0.05, 0) is 25.2 Å². The van der Waals surface area contributed by atoms with Gasteiger partial charge in [0.05, 0.1) is 5.03 Å². The molecule has 1 aliphatic heterocycles. The quantitative estimate of drug-likeness (QED) is 0.613. The third kappa shape index (κ3) is 1.68. The summed E-state index contributed by atoms with van der Waals surface area (Å²) in [6.07, 6.45) is 6.16. The SMILES string of the molecule is C=C(Cl)C(=O)N1CCC2CCCCC21. The van der Waals surface area contributed by atoms with Crippen LogP contribution < -0.4 is 0 Å². The van der Waals surface area contributed by atoms with Gasteiger partial charge in [-0.15, -0.1) is 0 Å². The maximum absolute atomic E-state index is 11.7. The molecule has 1 heterocycles. The van der Waals surface area contributed by atoms with E-state index in [1.807, 2.05) is 4.90 Å². The number of carbonyl (C=O) groups is 1. The number of halogens is 1. The first-order chi connectivity index (χ1) is 6.70. The van der Waals surface area contributed by atoms with Crippen molar-refractivity contribution in [2.45, 2.75) is 38.1 Å². The Balaban J connectivity index is 2.07. The molecule has 0 aromatic rings. The molecule has 0 bridgehead atoms. The van der Waals surface area contributed by atoms with Crippen molar-refractivity contribution >= 4 is 17.5 Å². The second-order valence-electron chi connectivity index (χ2n) is 4.30. The number of hydrogen-bond donors (Lipinski definition) is 0. The van der Waals surface area contributed by atoms with Crippen LogP contribution in [0, 0.1) is 5.92 Å². The molecule has 0 aromatic carbocycles. The van der Waals surface area contributed by atoms with E-state index in [1.165, 1.54) is 19.3 Å². The molecule has 2 atom stereocenters. The van der Waals surface area contributed by atoms with Crippen LogP contribution in [0.4, 0.5) is 0 Å². The zero-order valence-corrected chi connectivity index (χ0v) is 9.09. The normalized spacial score (nSPS) is 31.4. The Bertz CT molecular complexity index is 264. The molecule has 2 unspecified atom stereocenters. The summed E-state index contributed by atoms with van der Waals surface area (Å²) in [6.45, 7) is 4.39. The van der Waals surface area contributed by atoms with Gasteiger partial charge in [-0.3, -0.25) is 4.79 Å². The van der Waals surface area contributed by atoms with Gasteiger partial charge in [-0.2, -0.15) is 0 Å². The molecular weight excluding hydrogens is 198 g/mol. The minimum atomic E-state index is -0.0546. The summed E-state index contributed by atoms with van der Waals surface area (Å²) in [7, 11) is 0.